The third kappa shape index (κ3) is 3.34. The molecule has 5 nitrogen and oxygen atoms in total. The molecule has 20 heavy (non-hydrogen) atoms. The van der Waals surface area contributed by atoms with E-state index in [-0.39, 0.29) is 0 Å². The first-order valence-corrected chi connectivity index (χ1v) is 7.54. The Bertz CT molecular complexity index is 420. The van der Waals surface area contributed by atoms with Crippen LogP contribution in [0.5, 0.6) is 0 Å². The molecule has 2 aliphatic heterocycles. The van der Waals surface area contributed by atoms with E-state index in [0.29, 0.717) is 19.1 Å². The molecule has 0 aliphatic carbocycles. The van der Waals surface area contributed by atoms with Crippen LogP contribution >= 0.6 is 0 Å². The van der Waals surface area contributed by atoms with Gasteiger partial charge in [-0.2, -0.15) is 0 Å². The normalized spacial score (nSPS) is 27.4. The lowest BCUT2D eigenvalue weighted by atomic mass is 9.90. The van der Waals surface area contributed by atoms with E-state index >= 15 is 0 Å². The van der Waals surface area contributed by atoms with Crippen LogP contribution in [0, 0.1) is 0 Å². The van der Waals surface area contributed by atoms with Gasteiger partial charge in [0.15, 0.2) is 0 Å². The number of β-amino-alcohol motifs (C(OH)–C–C–N with tert-alkyl or cyclic N) is 1. The Hall–Kier alpha value is -1.04. The van der Waals surface area contributed by atoms with Crippen molar-refractivity contribution in [2.75, 3.05) is 32.8 Å². The van der Waals surface area contributed by atoms with E-state index in [4.69, 9.17) is 4.74 Å². The van der Waals surface area contributed by atoms with Crippen LogP contribution in [0.15, 0.2) is 18.6 Å². The number of hydrogen-bond donors (Lipinski definition) is 1. The van der Waals surface area contributed by atoms with Gasteiger partial charge < -0.3 is 9.84 Å². The van der Waals surface area contributed by atoms with Crippen LogP contribution in [0.4, 0.5) is 0 Å². The zero-order valence-corrected chi connectivity index (χ0v) is 11.9. The third-order valence-corrected chi connectivity index (χ3v) is 4.45. The molecule has 2 aliphatic rings. The number of rotatable bonds is 3. The lowest BCUT2D eigenvalue weighted by Gasteiger charge is -2.40. The van der Waals surface area contributed by atoms with E-state index in [1.54, 1.807) is 12.4 Å². The minimum absolute atomic E-state index is 0.445. The highest BCUT2D eigenvalue weighted by atomic mass is 16.5. The molecule has 0 saturated carbocycles. The minimum atomic E-state index is -0.567. The summed E-state index contributed by atoms with van der Waals surface area (Å²) < 4.78 is 5.35. The second-order valence-electron chi connectivity index (χ2n) is 6.04. The summed E-state index contributed by atoms with van der Waals surface area (Å²) in [5, 5.41) is 10.6. The number of likely N-dealkylation sites (tertiary alicyclic amines) is 1. The van der Waals surface area contributed by atoms with Gasteiger partial charge >= 0.3 is 0 Å². The van der Waals surface area contributed by atoms with Gasteiger partial charge in [-0.1, -0.05) is 0 Å². The molecular formula is C15H23N3O2. The van der Waals surface area contributed by atoms with Crippen molar-refractivity contribution in [3.63, 3.8) is 0 Å². The molecule has 0 bridgehead atoms. The standard InChI is InChI=1S/C15H23N3O2/c19-15(3-8-20-9-4-15)12-18-7-1-2-13(11-18)14-10-16-5-6-17-14/h5-6,10,13,19H,1-4,7-9,11-12H2/t13-/m0/s1. The molecule has 2 fully saturated rings. The van der Waals surface area contributed by atoms with Gasteiger partial charge in [-0.3, -0.25) is 14.9 Å². The van der Waals surface area contributed by atoms with Crippen molar-refractivity contribution in [2.24, 2.45) is 0 Å². The van der Waals surface area contributed by atoms with Crippen molar-refractivity contribution >= 4 is 0 Å². The molecule has 3 rings (SSSR count). The highest BCUT2D eigenvalue weighted by Crippen LogP contribution is 2.28. The molecule has 5 heteroatoms. The molecule has 2 saturated heterocycles. The summed E-state index contributed by atoms with van der Waals surface area (Å²) in [5.41, 5.74) is 0.513. The predicted molar refractivity (Wildman–Crippen MR) is 75.4 cm³/mol. The Morgan fingerprint density at radius 2 is 2.20 bits per heavy atom. The molecule has 0 aromatic carbocycles. The smallest absolute Gasteiger partial charge is 0.0817 e. The summed E-state index contributed by atoms with van der Waals surface area (Å²) in [6.07, 6.45) is 9.18. The Balaban J connectivity index is 1.60. The number of aliphatic hydroxyl groups is 1. The van der Waals surface area contributed by atoms with E-state index in [2.05, 4.69) is 14.9 Å². The van der Waals surface area contributed by atoms with Crippen molar-refractivity contribution in [3.8, 4) is 0 Å². The first kappa shape index (κ1) is 13.9. The number of nitrogens with zero attached hydrogens (tertiary/aromatic N) is 3. The number of aromatic nitrogens is 2. The zero-order chi connectivity index (χ0) is 13.8. The SMILES string of the molecule is OC1(CN2CCC[C@H](c3cnccn3)C2)CCOCC1. The fraction of sp³-hybridized carbons (Fsp3) is 0.733. The van der Waals surface area contributed by atoms with E-state index in [1.165, 1.54) is 0 Å². The van der Waals surface area contributed by atoms with Crippen LogP contribution in [0.3, 0.4) is 0 Å². The monoisotopic (exact) mass is 277 g/mol. The highest BCUT2D eigenvalue weighted by molar-refractivity contribution is 5.06. The highest BCUT2D eigenvalue weighted by Gasteiger charge is 2.34. The summed E-state index contributed by atoms with van der Waals surface area (Å²) in [6, 6.07) is 0. The van der Waals surface area contributed by atoms with Gasteiger partial charge in [0.25, 0.3) is 0 Å². The molecular weight excluding hydrogens is 254 g/mol. The fourth-order valence-electron chi connectivity index (χ4n) is 3.29. The molecule has 110 valence electrons. The molecule has 1 aromatic heterocycles. The maximum absolute atomic E-state index is 10.6. The predicted octanol–water partition coefficient (Wildman–Crippen LogP) is 1.20. The van der Waals surface area contributed by atoms with E-state index in [0.717, 1.165) is 51.0 Å². The van der Waals surface area contributed by atoms with Gasteiger partial charge in [-0.05, 0) is 19.4 Å². The van der Waals surface area contributed by atoms with Crippen molar-refractivity contribution in [1.82, 2.24) is 14.9 Å². The van der Waals surface area contributed by atoms with Crippen molar-refractivity contribution in [3.05, 3.63) is 24.3 Å². The third-order valence-electron chi connectivity index (χ3n) is 4.45. The van der Waals surface area contributed by atoms with Gasteiger partial charge in [-0.15, -0.1) is 0 Å². The van der Waals surface area contributed by atoms with Crippen LogP contribution in [0.1, 0.15) is 37.3 Å². The number of piperidine rings is 1. The Kier molecular flexibility index (Phi) is 4.29. The van der Waals surface area contributed by atoms with Gasteiger partial charge in [0, 0.05) is 63.7 Å². The Labute approximate surface area is 120 Å². The molecule has 0 spiro atoms. The van der Waals surface area contributed by atoms with Crippen molar-refractivity contribution in [2.45, 2.75) is 37.2 Å². The quantitative estimate of drug-likeness (QED) is 0.899. The van der Waals surface area contributed by atoms with Crippen molar-refractivity contribution in [1.29, 1.82) is 0 Å². The number of hydrogen-bond acceptors (Lipinski definition) is 5. The molecule has 1 atom stereocenters. The van der Waals surface area contributed by atoms with Gasteiger partial charge in [0.05, 0.1) is 11.3 Å². The minimum Gasteiger partial charge on any atom is -0.388 e. The van der Waals surface area contributed by atoms with E-state index in [1.807, 2.05) is 6.20 Å². The molecule has 0 amide bonds. The van der Waals surface area contributed by atoms with Crippen LogP contribution in [0.2, 0.25) is 0 Å². The molecule has 1 aromatic rings. The van der Waals surface area contributed by atoms with Crippen LogP contribution in [-0.2, 0) is 4.74 Å². The number of ether oxygens (including phenoxy) is 1. The first-order chi connectivity index (χ1) is 9.75. The van der Waals surface area contributed by atoms with Crippen LogP contribution < -0.4 is 0 Å². The second kappa shape index (κ2) is 6.16. The zero-order valence-electron chi connectivity index (χ0n) is 11.9. The largest absolute Gasteiger partial charge is 0.388 e. The second-order valence-corrected chi connectivity index (χ2v) is 6.04. The van der Waals surface area contributed by atoms with Crippen LogP contribution in [0.25, 0.3) is 0 Å². The van der Waals surface area contributed by atoms with Gasteiger partial charge in [0.1, 0.15) is 0 Å². The Morgan fingerprint density at radius 1 is 1.35 bits per heavy atom. The van der Waals surface area contributed by atoms with Gasteiger partial charge in [-0.25, -0.2) is 0 Å². The first-order valence-electron chi connectivity index (χ1n) is 7.54. The van der Waals surface area contributed by atoms with E-state index in [9.17, 15) is 5.11 Å². The lowest BCUT2D eigenvalue weighted by molar-refractivity contribution is -0.0824. The van der Waals surface area contributed by atoms with Crippen molar-refractivity contribution < 1.29 is 9.84 Å². The summed E-state index contributed by atoms with van der Waals surface area (Å²) in [4.78, 5) is 11.0. The average Bonchev–Trinajstić information content (AvgIpc) is 2.49. The topological polar surface area (TPSA) is 58.5 Å². The average molecular weight is 277 g/mol. The lowest BCUT2D eigenvalue weighted by Crippen LogP contribution is -2.49. The summed E-state index contributed by atoms with van der Waals surface area (Å²) in [5.74, 6) is 0.445. The molecule has 0 radical (unpaired) electrons. The van der Waals surface area contributed by atoms with Crippen LogP contribution in [-0.4, -0.2) is 58.4 Å². The van der Waals surface area contributed by atoms with E-state index < -0.39 is 5.60 Å². The summed E-state index contributed by atoms with van der Waals surface area (Å²) in [7, 11) is 0. The molecule has 0 unspecified atom stereocenters. The van der Waals surface area contributed by atoms with Gasteiger partial charge in [0.2, 0.25) is 0 Å². The molecule has 3 heterocycles. The maximum atomic E-state index is 10.6. The Morgan fingerprint density at radius 3 is 2.95 bits per heavy atom. The summed E-state index contributed by atoms with van der Waals surface area (Å²) >= 11 is 0. The maximum Gasteiger partial charge on any atom is 0.0817 e. The summed E-state index contributed by atoms with van der Waals surface area (Å²) in [6.45, 7) is 4.16. The fourth-order valence-corrected chi connectivity index (χ4v) is 3.29. The molecule has 1 N–H and O–H groups in total.